The van der Waals surface area contributed by atoms with Gasteiger partial charge in [-0.1, -0.05) is 18.2 Å². The average Bonchev–Trinajstić information content (AvgIpc) is 3.14. The Morgan fingerprint density at radius 3 is 2.60 bits per heavy atom. The van der Waals surface area contributed by atoms with Crippen molar-refractivity contribution in [3.05, 3.63) is 71.7 Å². The molecule has 30 heavy (non-hydrogen) atoms. The zero-order valence-electron chi connectivity index (χ0n) is 17.3. The first-order chi connectivity index (χ1) is 14.3. The lowest BCUT2D eigenvalue weighted by Crippen LogP contribution is -2.23. The molecule has 4 rings (SSSR count). The van der Waals surface area contributed by atoms with Crippen LogP contribution in [0, 0.1) is 5.82 Å². The summed E-state index contributed by atoms with van der Waals surface area (Å²) in [5.41, 5.74) is 2.55. The number of halogens is 1. The Hall–Kier alpha value is -2.64. The topological polar surface area (TPSA) is 51.5 Å². The molecule has 0 fully saturated rings. The average molecular weight is 429 g/mol. The van der Waals surface area contributed by atoms with Gasteiger partial charge in [0.15, 0.2) is 0 Å². The third kappa shape index (κ3) is 3.42. The summed E-state index contributed by atoms with van der Waals surface area (Å²) >= 11 is 0. The van der Waals surface area contributed by atoms with Gasteiger partial charge in [-0.2, -0.15) is 0 Å². The maximum atomic E-state index is 14.8. The van der Waals surface area contributed by atoms with Gasteiger partial charge in [0.1, 0.15) is 11.6 Å². The molecule has 0 bridgehead atoms. The Morgan fingerprint density at radius 2 is 1.90 bits per heavy atom. The van der Waals surface area contributed by atoms with Crippen molar-refractivity contribution >= 4 is 10.0 Å². The number of rotatable bonds is 5. The number of ether oxygens (including phenoxy) is 1. The van der Waals surface area contributed by atoms with E-state index >= 15 is 0 Å². The van der Waals surface area contributed by atoms with E-state index < -0.39 is 15.8 Å². The van der Waals surface area contributed by atoms with Crippen LogP contribution in [0.25, 0.3) is 11.3 Å². The largest absolute Gasteiger partial charge is 0.497 e. The van der Waals surface area contributed by atoms with Crippen LogP contribution in [0.1, 0.15) is 30.0 Å². The molecule has 7 heteroatoms. The maximum absolute atomic E-state index is 14.8. The fraction of sp³-hybridized carbons (Fsp3) is 0.304. The molecule has 2 aromatic carbocycles. The minimum atomic E-state index is -3.96. The fourth-order valence-electron chi connectivity index (χ4n) is 4.25. The molecule has 0 amide bonds. The molecule has 1 unspecified atom stereocenters. The molecule has 1 aromatic heterocycles. The first-order valence-corrected chi connectivity index (χ1v) is 11.3. The molecule has 158 valence electrons. The van der Waals surface area contributed by atoms with Crippen molar-refractivity contribution in [2.75, 3.05) is 21.2 Å². The van der Waals surface area contributed by atoms with E-state index in [1.54, 1.807) is 36.5 Å². The van der Waals surface area contributed by atoms with Gasteiger partial charge in [0.05, 0.1) is 17.7 Å². The number of methoxy groups -OCH3 is 1. The van der Waals surface area contributed by atoms with Gasteiger partial charge in [-0.15, -0.1) is 0 Å². The zero-order valence-corrected chi connectivity index (χ0v) is 18.1. The second kappa shape index (κ2) is 7.89. The summed E-state index contributed by atoms with van der Waals surface area (Å²) in [5.74, 6) is 0.0130. The normalized spacial score (nSPS) is 16.5. The molecule has 0 radical (unpaired) electrons. The zero-order chi connectivity index (χ0) is 21.5. The van der Waals surface area contributed by atoms with Crippen LogP contribution in [0.3, 0.4) is 0 Å². The van der Waals surface area contributed by atoms with Gasteiger partial charge < -0.3 is 9.64 Å². The first-order valence-electron chi connectivity index (χ1n) is 9.89. The van der Waals surface area contributed by atoms with Crippen molar-refractivity contribution in [3.63, 3.8) is 0 Å². The minimum absolute atomic E-state index is 0.0843. The quantitative estimate of drug-likeness (QED) is 0.601. The van der Waals surface area contributed by atoms with Crippen LogP contribution in [0.2, 0.25) is 0 Å². The molecular formula is C23H25FN2O3S. The molecule has 1 atom stereocenters. The highest BCUT2D eigenvalue weighted by atomic mass is 32.2. The van der Waals surface area contributed by atoms with Gasteiger partial charge in [-0.25, -0.2) is 16.8 Å². The van der Waals surface area contributed by atoms with Crippen LogP contribution in [-0.4, -0.2) is 38.5 Å². The van der Waals surface area contributed by atoms with E-state index in [0.717, 1.165) is 24.0 Å². The highest BCUT2D eigenvalue weighted by Crippen LogP contribution is 2.42. The lowest BCUT2D eigenvalue weighted by atomic mass is 9.87. The SMILES string of the molecule is COc1cccc(S(=O)(=O)n2cc3c(c2-c2ccccc2F)CCCC3N(C)C)c1. The highest BCUT2D eigenvalue weighted by molar-refractivity contribution is 7.90. The Morgan fingerprint density at radius 1 is 1.13 bits per heavy atom. The summed E-state index contributed by atoms with van der Waals surface area (Å²) in [5, 5.41) is 0. The van der Waals surface area contributed by atoms with Crippen molar-refractivity contribution in [1.29, 1.82) is 0 Å². The van der Waals surface area contributed by atoms with E-state index in [4.69, 9.17) is 4.74 Å². The maximum Gasteiger partial charge on any atom is 0.268 e. The van der Waals surface area contributed by atoms with Crippen LogP contribution in [0.5, 0.6) is 5.75 Å². The van der Waals surface area contributed by atoms with E-state index in [0.29, 0.717) is 23.4 Å². The minimum Gasteiger partial charge on any atom is -0.497 e. The van der Waals surface area contributed by atoms with Crippen molar-refractivity contribution in [3.8, 4) is 17.0 Å². The van der Waals surface area contributed by atoms with Crippen molar-refractivity contribution in [2.45, 2.75) is 30.2 Å². The smallest absolute Gasteiger partial charge is 0.268 e. The Bertz CT molecular complexity index is 1180. The van der Waals surface area contributed by atoms with Crippen molar-refractivity contribution in [2.24, 2.45) is 0 Å². The van der Waals surface area contributed by atoms with E-state index in [1.165, 1.54) is 29.3 Å². The first kappa shape index (κ1) is 20.6. The summed E-state index contributed by atoms with van der Waals surface area (Å²) in [4.78, 5) is 2.19. The standard InChI is InChI=1S/C23H25FN2O3S/c1-25(2)22-13-7-11-18-20(22)15-26(23(18)19-10-4-5-12-21(19)24)30(27,28)17-9-6-8-16(14-17)29-3/h4-6,8-10,12,14-15,22H,7,11,13H2,1-3H3. The Labute approximate surface area is 176 Å². The van der Waals surface area contributed by atoms with Gasteiger partial charge >= 0.3 is 0 Å². The fourth-order valence-corrected chi connectivity index (χ4v) is 5.70. The lowest BCUT2D eigenvalue weighted by Gasteiger charge is -2.28. The van der Waals surface area contributed by atoms with Crippen molar-refractivity contribution < 1.29 is 17.5 Å². The third-order valence-electron chi connectivity index (χ3n) is 5.72. The Kier molecular flexibility index (Phi) is 5.42. The third-order valence-corrected chi connectivity index (χ3v) is 7.38. The van der Waals surface area contributed by atoms with Crippen LogP contribution in [-0.2, 0) is 16.4 Å². The molecule has 0 aliphatic heterocycles. The van der Waals surface area contributed by atoms with Crippen LogP contribution < -0.4 is 4.74 Å². The van der Waals surface area contributed by atoms with Crippen LogP contribution >= 0.6 is 0 Å². The van der Waals surface area contributed by atoms with Gasteiger partial charge in [0.2, 0.25) is 0 Å². The molecule has 1 aliphatic carbocycles. The predicted molar refractivity (Wildman–Crippen MR) is 115 cm³/mol. The molecule has 3 aromatic rings. The number of hydrogen-bond acceptors (Lipinski definition) is 4. The number of aromatic nitrogens is 1. The van der Waals surface area contributed by atoms with Gasteiger partial charge in [0.25, 0.3) is 10.0 Å². The van der Waals surface area contributed by atoms with E-state index in [-0.39, 0.29) is 10.9 Å². The molecular weight excluding hydrogens is 403 g/mol. The van der Waals surface area contributed by atoms with E-state index in [1.807, 2.05) is 14.1 Å². The summed E-state index contributed by atoms with van der Waals surface area (Å²) < 4.78 is 48.6. The second-order valence-corrected chi connectivity index (χ2v) is 9.56. The number of fused-ring (bicyclic) bond motifs is 1. The molecule has 0 saturated carbocycles. The van der Waals surface area contributed by atoms with Crippen molar-refractivity contribution in [1.82, 2.24) is 8.87 Å². The molecule has 0 spiro atoms. The highest BCUT2D eigenvalue weighted by Gasteiger charge is 2.33. The predicted octanol–water partition coefficient (Wildman–Crippen LogP) is 4.48. The Balaban J connectivity index is 2.01. The lowest BCUT2D eigenvalue weighted by molar-refractivity contribution is 0.269. The number of nitrogens with zero attached hydrogens (tertiary/aromatic N) is 2. The summed E-state index contributed by atoms with van der Waals surface area (Å²) in [6.45, 7) is 0. The summed E-state index contributed by atoms with van der Waals surface area (Å²) in [6, 6.07) is 12.8. The van der Waals surface area contributed by atoms with Crippen LogP contribution in [0.15, 0.2) is 59.6 Å². The number of benzene rings is 2. The summed E-state index contributed by atoms with van der Waals surface area (Å²) in [7, 11) is 1.50. The molecule has 0 saturated heterocycles. The molecule has 1 heterocycles. The van der Waals surface area contributed by atoms with Gasteiger partial charge in [0, 0.05) is 23.9 Å². The second-order valence-electron chi connectivity index (χ2n) is 7.74. The number of hydrogen-bond donors (Lipinski definition) is 0. The molecule has 0 N–H and O–H groups in total. The van der Waals surface area contributed by atoms with E-state index in [9.17, 15) is 12.8 Å². The molecule has 5 nitrogen and oxygen atoms in total. The van der Waals surface area contributed by atoms with Crippen LogP contribution in [0.4, 0.5) is 4.39 Å². The van der Waals surface area contributed by atoms with Gasteiger partial charge in [-0.05, 0) is 68.8 Å². The van der Waals surface area contributed by atoms with E-state index in [2.05, 4.69) is 4.90 Å². The summed E-state index contributed by atoms with van der Waals surface area (Å²) in [6.07, 6.45) is 4.24. The van der Waals surface area contributed by atoms with Gasteiger partial charge in [-0.3, -0.25) is 0 Å². The monoisotopic (exact) mass is 428 g/mol. The molecule has 1 aliphatic rings.